The zero-order chi connectivity index (χ0) is 29.2. The molecule has 0 aromatic rings. The Labute approximate surface area is 313 Å². The Balaban J connectivity index is -0.00000760. The van der Waals surface area contributed by atoms with Crippen LogP contribution < -0.4 is 69.3 Å². The van der Waals surface area contributed by atoms with Crippen molar-refractivity contribution in [3.63, 3.8) is 0 Å². The van der Waals surface area contributed by atoms with Crippen molar-refractivity contribution in [1.82, 2.24) is 0 Å². The Morgan fingerprint density at radius 1 is 0.310 bits per heavy atom. The largest absolute Gasteiger partial charge is 1.00 e. The summed E-state index contributed by atoms with van der Waals surface area (Å²) in [5.41, 5.74) is 0. The number of hydrogen-bond donors (Lipinski definition) is 0. The van der Waals surface area contributed by atoms with Gasteiger partial charge in [-0.3, -0.25) is 0 Å². The third-order valence-electron chi connectivity index (χ3n) is 7.80. The summed E-state index contributed by atoms with van der Waals surface area (Å²) in [6, 6.07) is 0. The summed E-state index contributed by atoms with van der Waals surface area (Å²) in [4.78, 5) is 20.7. The number of unbranched alkanes of at least 4 members (excludes halogenated alkanes) is 26. The van der Waals surface area contributed by atoms with Crippen molar-refractivity contribution in [3.05, 3.63) is 0 Å². The van der Waals surface area contributed by atoms with Gasteiger partial charge in [0.2, 0.25) is 0 Å². The van der Waals surface area contributed by atoms with Crippen LogP contribution in [0.2, 0.25) is 0 Å². The molecule has 0 aliphatic carbocycles. The molecule has 0 spiro atoms. The molecule has 0 bridgehead atoms. The minimum Gasteiger partial charge on any atom is -0.550 e. The van der Waals surface area contributed by atoms with Crippen LogP contribution in [0, 0.1) is 0 Å². The van der Waals surface area contributed by atoms with Crippen molar-refractivity contribution in [2.24, 2.45) is 0 Å². The molecule has 42 heavy (non-hydrogen) atoms. The van der Waals surface area contributed by atoms with Gasteiger partial charge in [-0.25, -0.2) is 0 Å². The molecule has 0 saturated carbocycles. The quantitative estimate of drug-likeness (QED) is 0.0595. The Kier molecular flexibility index (Phi) is 48.8. The Bertz CT molecular complexity index is 496. The van der Waals surface area contributed by atoms with Crippen LogP contribution in [-0.4, -0.2) is 23.4 Å². The first kappa shape index (κ1) is 48.0. The summed E-state index contributed by atoms with van der Waals surface area (Å²) in [5.74, 6) is 0.826. The fraction of sp³-hybridized carbons (Fsp3) is 0.941. The standard InChI is InChI=1S/C34H66O4S2.2Na/c35-33(36)29-25-21-17-13-9-5-1-3-7-11-15-19-23-27-31-39-40-32-28-24-20-16-12-8-4-2-6-10-14-18-22-26-30-34(37)38;;/h1-32H2,(H,35,36)(H,37,38);;/q;2*+1/p-2. The molecule has 8 heteroatoms. The maximum Gasteiger partial charge on any atom is 1.00 e. The first-order chi connectivity index (χ1) is 19.6. The van der Waals surface area contributed by atoms with E-state index in [-0.39, 0.29) is 72.0 Å². The van der Waals surface area contributed by atoms with E-state index in [1.54, 1.807) is 0 Å². The molecule has 0 radical (unpaired) electrons. The second-order valence-electron chi connectivity index (χ2n) is 11.8. The van der Waals surface area contributed by atoms with E-state index in [0.717, 1.165) is 25.7 Å². The number of carbonyl (C=O) groups is 2. The van der Waals surface area contributed by atoms with E-state index in [9.17, 15) is 19.8 Å². The van der Waals surface area contributed by atoms with E-state index in [4.69, 9.17) is 0 Å². The van der Waals surface area contributed by atoms with Gasteiger partial charge in [-0.2, -0.15) is 0 Å². The van der Waals surface area contributed by atoms with Crippen LogP contribution in [-0.2, 0) is 9.59 Å². The van der Waals surface area contributed by atoms with Crippen LogP contribution in [0.25, 0.3) is 0 Å². The molecule has 0 saturated heterocycles. The number of carboxylic acids is 2. The average molecular weight is 647 g/mol. The molecule has 0 rings (SSSR count). The van der Waals surface area contributed by atoms with Crippen LogP contribution in [0.1, 0.15) is 193 Å². The normalized spacial score (nSPS) is 10.8. The molecule has 0 heterocycles. The Morgan fingerprint density at radius 3 is 0.667 bits per heavy atom. The van der Waals surface area contributed by atoms with E-state index < -0.39 is 11.9 Å². The van der Waals surface area contributed by atoms with Gasteiger partial charge in [0.1, 0.15) is 0 Å². The van der Waals surface area contributed by atoms with Gasteiger partial charge >= 0.3 is 59.1 Å². The van der Waals surface area contributed by atoms with Gasteiger partial charge in [-0.1, -0.05) is 176 Å². The monoisotopic (exact) mass is 646 g/mol. The fourth-order valence-electron chi connectivity index (χ4n) is 5.22. The third kappa shape index (κ3) is 46.1. The SMILES string of the molecule is O=C([O-])CCCCCCCCCCCCCCCCSSCCCCCCCCCCCCCCCCC(=O)[O-].[Na+].[Na+]. The number of hydrogen-bond acceptors (Lipinski definition) is 6. The van der Waals surface area contributed by atoms with Gasteiger partial charge < -0.3 is 19.8 Å². The number of carboxylic acid groups (broad SMARTS) is 2. The van der Waals surface area contributed by atoms with Gasteiger partial charge in [0.15, 0.2) is 0 Å². The Morgan fingerprint density at radius 2 is 0.476 bits per heavy atom. The maximum absolute atomic E-state index is 10.4. The molecule has 0 unspecified atom stereocenters. The first-order valence-corrected chi connectivity index (χ1v) is 19.8. The molecule has 0 fully saturated rings. The number of carbonyl (C=O) groups excluding carboxylic acids is 2. The smallest absolute Gasteiger partial charge is 0.550 e. The fourth-order valence-corrected chi connectivity index (χ4v) is 7.52. The van der Waals surface area contributed by atoms with E-state index >= 15 is 0 Å². The van der Waals surface area contributed by atoms with Crippen LogP contribution >= 0.6 is 21.6 Å². The first-order valence-electron chi connectivity index (χ1n) is 17.3. The predicted molar refractivity (Wildman–Crippen MR) is 173 cm³/mol. The summed E-state index contributed by atoms with van der Waals surface area (Å²) in [5, 5.41) is 20.7. The zero-order valence-corrected chi connectivity index (χ0v) is 33.7. The molecule has 0 N–H and O–H groups in total. The second kappa shape index (κ2) is 42.6. The third-order valence-corrected chi connectivity index (χ3v) is 10.4. The van der Waals surface area contributed by atoms with E-state index in [0.29, 0.717) is 0 Å². The molecule has 0 aromatic heterocycles. The minimum absolute atomic E-state index is 0. The second-order valence-corrected chi connectivity index (χ2v) is 14.5. The van der Waals surface area contributed by atoms with Crippen molar-refractivity contribution in [1.29, 1.82) is 0 Å². The van der Waals surface area contributed by atoms with E-state index in [2.05, 4.69) is 21.6 Å². The van der Waals surface area contributed by atoms with Crippen molar-refractivity contribution in [2.45, 2.75) is 193 Å². The molecular weight excluding hydrogens is 582 g/mol. The molecule has 0 aliphatic heterocycles. The van der Waals surface area contributed by atoms with Crippen LogP contribution in [0.5, 0.6) is 0 Å². The predicted octanol–water partition coefficient (Wildman–Crippen LogP) is 3.58. The van der Waals surface area contributed by atoms with Crippen LogP contribution in [0.15, 0.2) is 0 Å². The molecule has 238 valence electrons. The summed E-state index contributed by atoms with van der Waals surface area (Å²) < 4.78 is 0. The van der Waals surface area contributed by atoms with Gasteiger partial charge in [-0.15, -0.1) is 0 Å². The number of rotatable bonds is 35. The summed E-state index contributed by atoms with van der Waals surface area (Å²) in [6.07, 6.45) is 36.6. The number of aliphatic carboxylic acids is 2. The van der Waals surface area contributed by atoms with Gasteiger partial charge in [0, 0.05) is 23.4 Å². The van der Waals surface area contributed by atoms with E-state index in [1.165, 1.54) is 166 Å². The Hall–Kier alpha value is 1.64. The summed E-state index contributed by atoms with van der Waals surface area (Å²) in [7, 11) is 4.18. The van der Waals surface area contributed by atoms with Crippen molar-refractivity contribution in [3.8, 4) is 0 Å². The molecule has 0 aromatic carbocycles. The van der Waals surface area contributed by atoms with Crippen molar-refractivity contribution >= 4 is 33.5 Å². The van der Waals surface area contributed by atoms with Crippen molar-refractivity contribution < 1.29 is 78.9 Å². The molecular formula is C34H64Na2O4S2. The van der Waals surface area contributed by atoms with Gasteiger partial charge in [0.05, 0.1) is 0 Å². The maximum atomic E-state index is 10.4. The zero-order valence-electron chi connectivity index (χ0n) is 28.1. The summed E-state index contributed by atoms with van der Waals surface area (Å²) >= 11 is 0. The van der Waals surface area contributed by atoms with Gasteiger partial charge in [0.25, 0.3) is 0 Å². The summed E-state index contributed by atoms with van der Waals surface area (Å²) in [6.45, 7) is 0. The van der Waals surface area contributed by atoms with Crippen LogP contribution in [0.4, 0.5) is 0 Å². The molecule has 0 amide bonds. The molecule has 0 aliphatic rings. The average Bonchev–Trinajstić information content (AvgIpc) is 2.93. The van der Waals surface area contributed by atoms with Crippen molar-refractivity contribution in [2.75, 3.05) is 11.5 Å². The topological polar surface area (TPSA) is 80.3 Å². The molecule has 0 atom stereocenters. The van der Waals surface area contributed by atoms with Gasteiger partial charge in [-0.05, 0) is 38.5 Å². The minimum atomic E-state index is -0.907. The molecule has 4 nitrogen and oxygen atoms in total. The van der Waals surface area contributed by atoms with Crippen LogP contribution in [0.3, 0.4) is 0 Å². The van der Waals surface area contributed by atoms with E-state index in [1.807, 2.05) is 0 Å².